The maximum absolute atomic E-state index is 6.10. The maximum Gasteiger partial charge on any atom is 0.108 e. The van der Waals surface area contributed by atoms with Gasteiger partial charge in [0.05, 0.1) is 11.0 Å². The van der Waals surface area contributed by atoms with Crippen LogP contribution in [0.5, 0.6) is 0 Å². The Kier molecular flexibility index (Phi) is 2.81. The number of imidazole rings is 1. The fourth-order valence-corrected chi connectivity index (χ4v) is 2.65. The van der Waals surface area contributed by atoms with Gasteiger partial charge in [-0.3, -0.25) is 0 Å². The highest BCUT2D eigenvalue weighted by molar-refractivity contribution is 6.32. The van der Waals surface area contributed by atoms with Crippen LogP contribution in [0.4, 0.5) is 0 Å². The minimum Gasteiger partial charge on any atom is -0.342 e. The van der Waals surface area contributed by atoms with Gasteiger partial charge in [-0.2, -0.15) is 0 Å². The number of halogens is 1. The number of hydrogen-bond acceptors (Lipinski definition) is 2. The van der Waals surface area contributed by atoms with E-state index < -0.39 is 0 Å². The average molecular weight is 250 g/mol. The molecule has 1 aliphatic rings. The first-order valence-electron chi connectivity index (χ1n) is 6.11. The number of benzene rings is 1. The molecule has 0 amide bonds. The van der Waals surface area contributed by atoms with Crippen LogP contribution in [-0.2, 0) is 6.42 Å². The van der Waals surface area contributed by atoms with Crippen LogP contribution < -0.4 is 5.32 Å². The molecule has 0 spiro atoms. The lowest BCUT2D eigenvalue weighted by molar-refractivity contribution is 0.589. The van der Waals surface area contributed by atoms with Crippen LogP contribution in [0.15, 0.2) is 12.1 Å². The molecule has 1 fully saturated rings. The highest BCUT2D eigenvalue weighted by Crippen LogP contribution is 2.24. The van der Waals surface area contributed by atoms with E-state index in [1.165, 1.54) is 12.8 Å². The zero-order valence-corrected chi connectivity index (χ0v) is 10.6. The number of nitrogens with one attached hydrogen (secondary N) is 2. The Balaban J connectivity index is 1.93. The molecule has 0 aliphatic carbocycles. The minimum absolute atomic E-state index is 0.575. The summed E-state index contributed by atoms with van der Waals surface area (Å²) < 4.78 is 0. The molecule has 1 aromatic heterocycles. The lowest BCUT2D eigenvalue weighted by Gasteiger charge is -2.06. The first-order chi connectivity index (χ1) is 8.24. The third-order valence-electron chi connectivity index (χ3n) is 3.49. The summed E-state index contributed by atoms with van der Waals surface area (Å²) in [5.74, 6) is 1.06. The van der Waals surface area contributed by atoms with Crippen molar-refractivity contribution in [1.29, 1.82) is 0 Å². The molecule has 90 valence electrons. The second-order valence-electron chi connectivity index (χ2n) is 4.75. The van der Waals surface area contributed by atoms with Crippen molar-refractivity contribution in [2.24, 2.45) is 0 Å². The van der Waals surface area contributed by atoms with Crippen molar-refractivity contribution in [3.63, 3.8) is 0 Å². The van der Waals surface area contributed by atoms with Gasteiger partial charge in [0, 0.05) is 17.5 Å². The van der Waals surface area contributed by atoms with E-state index >= 15 is 0 Å². The fourth-order valence-electron chi connectivity index (χ4n) is 2.50. The monoisotopic (exact) mass is 249 g/mol. The van der Waals surface area contributed by atoms with Crippen LogP contribution in [0.25, 0.3) is 11.0 Å². The molecule has 3 rings (SSSR count). The molecule has 3 nitrogen and oxygen atoms in total. The summed E-state index contributed by atoms with van der Waals surface area (Å²) in [6.07, 6.45) is 3.50. The predicted octanol–water partition coefficient (Wildman–Crippen LogP) is 2.82. The van der Waals surface area contributed by atoms with Gasteiger partial charge in [-0.1, -0.05) is 11.6 Å². The third-order valence-corrected chi connectivity index (χ3v) is 3.90. The zero-order chi connectivity index (χ0) is 11.8. The molecule has 2 N–H and O–H groups in total. The molecule has 1 aromatic carbocycles. The Morgan fingerprint density at radius 2 is 2.35 bits per heavy atom. The van der Waals surface area contributed by atoms with E-state index in [4.69, 9.17) is 11.6 Å². The summed E-state index contributed by atoms with van der Waals surface area (Å²) in [7, 11) is 0. The first-order valence-corrected chi connectivity index (χ1v) is 6.49. The number of nitrogens with zero attached hydrogens (tertiary/aromatic N) is 1. The lowest BCUT2D eigenvalue weighted by atomic mass is 10.1. The molecule has 1 unspecified atom stereocenters. The standard InChI is InChI=1S/C13H16ClN3/c1-8-10(14)4-5-11-13(8)17-12(16-11)7-9-3-2-6-15-9/h4-5,9,15H,2-3,6-7H2,1H3,(H,16,17). The van der Waals surface area contributed by atoms with Crippen LogP contribution in [0.2, 0.25) is 5.02 Å². The van der Waals surface area contributed by atoms with E-state index in [1.807, 2.05) is 19.1 Å². The number of hydrogen-bond donors (Lipinski definition) is 2. The number of aryl methyl sites for hydroxylation is 1. The highest BCUT2D eigenvalue weighted by atomic mass is 35.5. The van der Waals surface area contributed by atoms with Crippen molar-refractivity contribution < 1.29 is 0 Å². The van der Waals surface area contributed by atoms with Gasteiger partial charge in [0.25, 0.3) is 0 Å². The quantitative estimate of drug-likeness (QED) is 0.859. The molecular weight excluding hydrogens is 234 g/mol. The van der Waals surface area contributed by atoms with Crippen molar-refractivity contribution in [1.82, 2.24) is 15.3 Å². The molecule has 1 saturated heterocycles. The third kappa shape index (κ3) is 2.05. The van der Waals surface area contributed by atoms with Crippen LogP contribution >= 0.6 is 11.6 Å². The topological polar surface area (TPSA) is 40.7 Å². The predicted molar refractivity (Wildman–Crippen MR) is 70.6 cm³/mol. The number of fused-ring (bicyclic) bond motifs is 1. The van der Waals surface area contributed by atoms with Gasteiger partial charge < -0.3 is 10.3 Å². The van der Waals surface area contributed by atoms with E-state index in [-0.39, 0.29) is 0 Å². The van der Waals surface area contributed by atoms with Gasteiger partial charge in [-0.15, -0.1) is 0 Å². The Labute approximate surface area is 106 Å². The number of aromatic nitrogens is 2. The Hall–Kier alpha value is -1.06. The second-order valence-corrected chi connectivity index (χ2v) is 5.16. The molecule has 17 heavy (non-hydrogen) atoms. The van der Waals surface area contributed by atoms with Crippen LogP contribution in [-0.4, -0.2) is 22.6 Å². The molecule has 1 atom stereocenters. The van der Waals surface area contributed by atoms with Crippen LogP contribution in [0.1, 0.15) is 24.2 Å². The Morgan fingerprint density at radius 1 is 1.47 bits per heavy atom. The maximum atomic E-state index is 6.10. The molecule has 0 saturated carbocycles. The average Bonchev–Trinajstić information content (AvgIpc) is 2.93. The number of H-pyrrole nitrogens is 1. The number of rotatable bonds is 2. The summed E-state index contributed by atoms with van der Waals surface area (Å²) in [6.45, 7) is 3.15. The lowest BCUT2D eigenvalue weighted by Crippen LogP contribution is -2.24. The van der Waals surface area contributed by atoms with Gasteiger partial charge in [0.1, 0.15) is 5.82 Å². The number of aromatic amines is 1. The molecule has 4 heteroatoms. The molecule has 2 aromatic rings. The molecule has 2 heterocycles. The summed E-state index contributed by atoms with van der Waals surface area (Å²) in [5, 5.41) is 4.28. The van der Waals surface area contributed by atoms with E-state index in [9.17, 15) is 0 Å². The van der Waals surface area contributed by atoms with Crippen molar-refractivity contribution in [3.8, 4) is 0 Å². The Morgan fingerprint density at radius 3 is 3.12 bits per heavy atom. The SMILES string of the molecule is Cc1c(Cl)ccc2[nH]c(CC3CCCN3)nc12. The van der Waals surface area contributed by atoms with E-state index in [2.05, 4.69) is 15.3 Å². The summed E-state index contributed by atoms with van der Waals surface area (Å²) in [6, 6.07) is 4.50. The van der Waals surface area contributed by atoms with Gasteiger partial charge in [0.15, 0.2) is 0 Å². The summed E-state index contributed by atoms with van der Waals surface area (Å²) >= 11 is 6.10. The first kappa shape index (κ1) is 11.1. The molecule has 0 radical (unpaired) electrons. The van der Waals surface area contributed by atoms with Crippen molar-refractivity contribution >= 4 is 22.6 Å². The Bertz CT molecular complexity index is 541. The molecule has 1 aliphatic heterocycles. The normalized spacial score (nSPS) is 20.2. The highest BCUT2D eigenvalue weighted by Gasteiger charge is 2.16. The second kappa shape index (κ2) is 4.31. The van der Waals surface area contributed by atoms with E-state index in [0.717, 1.165) is 40.4 Å². The summed E-state index contributed by atoms with van der Waals surface area (Å²) in [4.78, 5) is 8.04. The fraction of sp³-hybridized carbons (Fsp3) is 0.462. The molecular formula is C13H16ClN3. The minimum atomic E-state index is 0.575. The largest absolute Gasteiger partial charge is 0.342 e. The smallest absolute Gasteiger partial charge is 0.108 e. The van der Waals surface area contributed by atoms with Gasteiger partial charge in [-0.25, -0.2) is 4.98 Å². The van der Waals surface area contributed by atoms with Crippen LogP contribution in [0, 0.1) is 6.92 Å². The zero-order valence-electron chi connectivity index (χ0n) is 9.89. The van der Waals surface area contributed by atoms with Crippen LogP contribution in [0.3, 0.4) is 0 Å². The van der Waals surface area contributed by atoms with Gasteiger partial charge in [0.2, 0.25) is 0 Å². The molecule has 0 bridgehead atoms. The van der Waals surface area contributed by atoms with E-state index in [0.29, 0.717) is 6.04 Å². The van der Waals surface area contributed by atoms with Crippen molar-refractivity contribution in [2.75, 3.05) is 6.54 Å². The van der Waals surface area contributed by atoms with Crippen molar-refractivity contribution in [2.45, 2.75) is 32.2 Å². The van der Waals surface area contributed by atoms with Crippen molar-refractivity contribution in [3.05, 3.63) is 28.5 Å². The van der Waals surface area contributed by atoms with Gasteiger partial charge in [-0.05, 0) is 44.0 Å². The van der Waals surface area contributed by atoms with Gasteiger partial charge >= 0.3 is 0 Å². The van der Waals surface area contributed by atoms with E-state index in [1.54, 1.807) is 0 Å². The summed E-state index contributed by atoms with van der Waals surface area (Å²) in [5.41, 5.74) is 3.15.